The molecule has 0 bridgehead atoms. The van der Waals surface area contributed by atoms with Crippen LogP contribution in [-0.4, -0.2) is 41.7 Å². The third-order valence-corrected chi connectivity index (χ3v) is 2.83. The summed E-state index contributed by atoms with van der Waals surface area (Å²) < 4.78 is 5.56. The maximum absolute atomic E-state index is 11.9. The first-order chi connectivity index (χ1) is 8.56. The number of likely N-dealkylation sites (tertiary alicyclic amines) is 1. The number of aliphatic hydroxyl groups excluding tert-OH is 1. The normalized spacial score (nSPS) is 15.7. The van der Waals surface area contributed by atoms with E-state index in [1.54, 1.807) is 17.0 Å². The molecule has 2 rings (SSSR count). The first kappa shape index (κ1) is 12.9. The van der Waals surface area contributed by atoms with E-state index in [1.165, 1.54) is 0 Å². The molecule has 1 aliphatic rings. The summed E-state index contributed by atoms with van der Waals surface area (Å²) in [7, 11) is 0. The van der Waals surface area contributed by atoms with Crippen molar-refractivity contribution in [2.75, 3.05) is 19.7 Å². The molecule has 1 aromatic carbocycles. The predicted molar refractivity (Wildman–Crippen MR) is 68.7 cm³/mol. The van der Waals surface area contributed by atoms with Gasteiger partial charge in [0.15, 0.2) is 0 Å². The van der Waals surface area contributed by atoms with Crippen LogP contribution in [0.3, 0.4) is 0 Å². The Balaban J connectivity index is 1.93. The molecule has 0 aromatic heterocycles. The minimum Gasteiger partial charge on any atom is -0.493 e. The smallest absolute Gasteiger partial charge is 0.254 e. The molecule has 1 aliphatic heterocycles. The van der Waals surface area contributed by atoms with E-state index in [0.29, 0.717) is 31.2 Å². The Morgan fingerprint density at radius 1 is 1.39 bits per heavy atom. The molecule has 1 aromatic rings. The minimum absolute atomic E-state index is 0.0318. The molecule has 0 aliphatic carbocycles. The van der Waals surface area contributed by atoms with Gasteiger partial charge in [0.2, 0.25) is 0 Å². The second-order valence-electron chi connectivity index (χ2n) is 5.09. The third-order valence-electron chi connectivity index (χ3n) is 2.83. The van der Waals surface area contributed by atoms with Crippen LogP contribution < -0.4 is 4.74 Å². The summed E-state index contributed by atoms with van der Waals surface area (Å²) in [6.45, 7) is 5.72. The molecular weight excluding hydrogens is 230 g/mol. The Hall–Kier alpha value is -1.55. The number of aliphatic hydroxyl groups is 1. The highest BCUT2D eigenvalue weighted by molar-refractivity contribution is 5.94. The van der Waals surface area contributed by atoms with Gasteiger partial charge in [-0.1, -0.05) is 13.8 Å². The fourth-order valence-electron chi connectivity index (χ4n) is 1.76. The molecule has 0 spiro atoms. The molecule has 1 fully saturated rings. The second kappa shape index (κ2) is 5.40. The van der Waals surface area contributed by atoms with Crippen molar-refractivity contribution in [2.24, 2.45) is 5.92 Å². The standard InChI is InChI=1S/C14H19NO3/c1-10(2)9-18-13-5-3-11(4-6-13)14(17)15-7-12(16)8-15/h3-6,10,12,16H,7-9H2,1-2H3. The average Bonchev–Trinajstić information content (AvgIpc) is 2.32. The van der Waals surface area contributed by atoms with E-state index < -0.39 is 0 Å². The molecule has 1 amide bonds. The van der Waals surface area contributed by atoms with Crippen molar-refractivity contribution in [3.05, 3.63) is 29.8 Å². The van der Waals surface area contributed by atoms with Crippen molar-refractivity contribution < 1.29 is 14.6 Å². The van der Waals surface area contributed by atoms with Gasteiger partial charge in [-0.05, 0) is 30.2 Å². The predicted octanol–water partition coefficient (Wildman–Crippen LogP) is 1.54. The van der Waals surface area contributed by atoms with Gasteiger partial charge >= 0.3 is 0 Å². The molecule has 98 valence electrons. The Morgan fingerprint density at radius 3 is 2.50 bits per heavy atom. The number of ether oxygens (including phenoxy) is 1. The minimum atomic E-state index is -0.359. The quantitative estimate of drug-likeness (QED) is 0.880. The van der Waals surface area contributed by atoms with Gasteiger partial charge in [-0.25, -0.2) is 0 Å². The molecule has 0 saturated carbocycles. The van der Waals surface area contributed by atoms with Crippen LogP contribution in [0.1, 0.15) is 24.2 Å². The molecule has 4 nitrogen and oxygen atoms in total. The number of rotatable bonds is 4. The number of amides is 1. The summed E-state index contributed by atoms with van der Waals surface area (Å²) in [6, 6.07) is 7.16. The van der Waals surface area contributed by atoms with Gasteiger partial charge in [0.25, 0.3) is 5.91 Å². The van der Waals surface area contributed by atoms with Gasteiger partial charge in [0.05, 0.1) is 12.7 Å². The van der Waals surface area contributed by atoms with Gasteiger partial charge in [-0.2, -0.15) is 0 Å². The Morgan fingerprint density at radius 2 is 2.00 bits per heavy atom. The topological polar surface area (TPSA) is 49.8 Å². The molecular formula is C14H19NO3. The zero-order valence-electron chi connectivity index (χ0n) is 10.8. The van der Waals surface area contributed by atoms with Gasteiger partial charge in [0.1, 0.15) is 5.75 Å². The lowest BCUT2D eigenvalue weighted by molar-refractivity contribution is 0.00589. The van der Waals surface area contributed by atoms with Crippen LogP contribution in [0.5, 0.6) is 5.75 Å². The number of carbonyl (C=O) groups excluding carboxylic acids is 1. The van der Waals surface area contributed by atoms with Crippen LogP contribution in [0, 0.1) is 5.92 Å². The number of hydrogen-bond acceptors (Lipinski definition) is 3. The van der Waals surface area contributed by atoms with Crippen molar-refractivity contribution in [3.8, 4) is 5.75 Å². The Kier molecular flexibility index (Phi) is 3.87. The first-order valence-corrected chi connectivity index (χ1v) is 6.26. The zero-order valence-corrected chi connectivity index (χ0v) is 10.8. The van der Waals surface area contributed by atoms with Crippen LogP contribution in [-0.2, 0) is 0 Å². The lowest BCUT2D eigenvalue weighted by Gasteiger charge is -2.35. The highest BCUT2D eigenvalue weighted by Crippen LogP contribution is 2.17. The Bertz CT molecular complexity index is 408. The highest BCUT2D eigenvalue weighted by Gasteiger charge is 2.29. The molecule has 0 unspecified atom stereocenters. The Labute approximate surface area is 107 Å². The van der Waals surface area contributed by atoms with E-state index in [2.05, 4.69) is 13.8 Å². The molecule has 0 atom stereocenters. The number of hydrogen-bond donors (Lipinski definition) is 1. The van der Waals surface area contributed by atoms with Crippen molar-refractivity contribution in [3.63, 3.8) is 0 Å². The molecule has 0 radical (unpaired) electrons. The van der Waals surface area contributed by atoms with Crippen molar-refractivity contribution in [2.45, 2.75) is 20.0 Å². The summed E-state index contributed by atoms with van der Waals surface area (Å²) in [5.41, 5.74) is 0.638. The molecule has 4 heteroatoms. The zero-order chi connectivity index (χ0) is 13.1. The van der Waals surface area contributed by atoms with E-state index in [-0.39, 0.29) is 12.0 Å². The first-order valence-electron chi connectivity index (χ1n) is 6.26. The maximum atomic E-state index is 11.9. The van der Waals surface area contributed by atoms with Crippen LogP contribution in [0.25, 0.3) is 0 Å². The lowest BCUT2D eigenvalue weighted by atomic mass is 10.1. The summed E-state index contributed by atoms with van der Waals surface area (Å²) in [5, 5.41) is 9.17. The van der Waals surface area contributed by atoms with Crippen molar-refractivity contribution in [1.82, 2.24) is 4.90 Å². The number of benzene rings is 1. The van der Waals surface area contributed by atoms with E-state index >= 15 is 0 Å². The van der Waals surface area contributed by atoms with Crippen LogP contribution in [0.4, 0.5) is 0 Å². The van der Waals surface area contributed by atoms with E-state index in [1.807, 2.05) is 12.1 Å². The lowest BCUT2D eigenvalue weighted by Crippen LogP contribution is -2.53. The van der Waals surface area contributed by atoms with E-state index in [4.69, 9.17) is 9.84 Å². The molecule has 1 heterocycles. The SMILES string of the molecule is CC(C)COc1ccc(C(=O)N2CC(O)C2)cc1. The summed E-state index contributed by atoms with van der Waals surface area (Å²) in [6.07, 6.45) is -0.359. The highest BCUT2D eigenvalue weighted by atomic mass is 16.5. The monoisotopic (exact) mass is 249 g/mol. The van der Waals surface area contributed by atoms with Crippen molar-refractivity contribution >= 4 is 5.91 Å². The number of nitrogens with zero attached hydrogens (tertiary/aromatic N) is 1. The molecule has 18 heavy (non-hydrogen) atoms. The fraction of sp³-hybridized carbons (Fsp3) is 0.500. The molecule has 1 N–H and O–H groups in total. The van der Waals surface area contributed by atoms with Gasteiger partial charge in [0, 0.05) is 18.7 Å². The fourth-order valence-corrected chi connectivity index (χ4v) is 1.76. The second-order valence-corrected chi connectivity index (χ2v) is 5.09. The van der Waals surface area contributed by atoms with Crippen LogP contribution in [0.15, 0.2) is 24.3 Å². The molecule has 1 saturated heterocycles. The number of β-amino-alcohol motifs (C(OH)–C–C–N with tert-alkyl or cyclic N) is 1. The largest absolute Gasteiger partial charge is 0.493 e. The van der Waals surface area contributed by atoms with E-state index in [9.17, 15) is 4.79 Å². The third kappa shape index (κ3) is 3.01. The average molecular weight is 249 g/mol. The summed E-state index contributed by atoms with van der Waals surface area (Å²) in [4.78, 5) is 13.6. The summed E-state index contributed by atoms with van der Waals surface area (Å²) in [5.74, 6) is 1.23. The van der Waals surface area contributed by atoms with Gasteiger partial charge in [-0.15, -0.1) is 0 Å². The van der Waals surface area contributed by atoms with E-state index in [0.717, 1.165) is 5.75 Å². The maximum Gasteiger partial charge on any atom is 0.254 e. The summed E-state index contributed by atoms with van der Waals surface area (Å²) >= 11 is 0. The van der Waals surface area contributed by atoms with Gasteiger partial charge in [-0.3, -0.25) is 4.79 Å². The number of carbonyl (C=O) groups is 1. The van der Waals surface area contributed by atoms with Gasteiger partial charge < -0.3 is 14.7 Å². The van der Waals surface area contributed by atoms with Crippen molar-refractivity contribution in [1.29, 1.82) is 0 Å². The van der Waals surface area contributed by atoms with Crippen LogP contribution in [0.2, 0.25) is 0 Å². The van der Waals surface area contributed by atoms with Crippen LogP contribution >= 0.6 is 0 Å².